The Kier molecular flexibility index (Phi) is 4.14. The first-order valence-corrected chi connectivity index (χ1v) is 8.42. The number of nitrogens with two attached hydrogens (primary N) is 2. The standard InChI is InChI=1S/C10H13N5O4S2/c1-21(17,18)8-6(11)7(9(12)16)20-10(8)13-3-2-5-14-4-19-15-5/h4,13H,2-3,11H2,1H3,(H2,12,16). The van der Waals surface area contributed by atoms with Crippen LogP contribution >= 0.6 is 11.3 Å². The van der Waals surface area contributed by atoms with Crippen LogP contribution in [0.15, 0.2) is 15.8 Å². The van der Waals surface area contributed by atoms with Gasteiger partial charge in [-0.15, -0.1) is 11.3 Å². The Morgan fingerprint density at radius 2 is 2.24 bits per heavy atom. The Morgan fingerprint density at radius 1 is 1.52 bits per heavy atom. The maximum absolute atomic E-state index is 11.8. The fraction of sp³-hybridized carbons (Fsp3) is 0.300. The van der Waals surface area contributed by atoms with Crippen molar-refractivity contribution in [2.24, 2.45) is 5.73 Å². The van der Waals surface area contributed by atoms with Gasteiger partial charge in [-0.1, -0.05) is 5.16 Å². The first-order chi connectivity index (χ1) is 9.80. The molecule has 0 aliphatic rings. The molecule has 11 heteroatoms. The largest absolute Gasteiger partial charge is 0.396 e. The first kappa shape index (κ1) is 15.3. The van der Waals surface area contributed by atoms with Crippen molar-refractivity contribution in [3.8, 4) is 0 Å². The minimum absolute atomic E-state index is 0.0116. The van der Waals surface area contributed by atoms with E-state index in [1.54, 1.807) is 0 Å². The van der Waals surface area contributed by atoms with Crippen LogP contribution in [0, 0.1) is 0 Å². The zero-order chi connectivity index (χ0) is 15.6. The molecule has 0 saturated carbocycles. The number of nitrogens with one attached hydrogen (secondary N) is 1. The number of thiophene rings is 1. The number of anilines is 2. The van der Waals surface area contributed by atoms with Gasteiger partial charge < -0.3 is 21.3 Å². The summed E-state index contributed by atoms with van der Waals surface area (Å²) < 4.78 is 28.2. The molecule has 2 rings (SSSR count). The number of nitrogen functional groups attached to an aromatic ring is 1. The number of amides is 1. The smallest absolute Gasteiger partial charge is 0.261 e. The minimum atomic E-state index is -3.60. The number of carbonyl (C=O) groups excluding carboxylic acids is 1. The van der Waals surface area contributed by atoms with E-state index in [0.717, 1.165) is 17.6 Å². The summed E-state index contributed by atoms with van der Waals surface area (Å²) in [5.74, 6) is -0.295. The van der Waals surface area contributed by atoms with E-state index in [1.165, 1.54) is 6.39 Å². The fourth-order valence-electron chi connectivity index (χ4n) is 1.69. The summed E-state index contributed by atoms with van der Waals surface area (Å²) >= 11 is 0.904. The van der Waals surface area contributed by atoms with Crippen molar-refractivity contribution in [2.75, 3.05) is 23.9 Å². The third-order valence-electron chi connectivity index (χ3n) is 2.54. The van der Waals surface area contributed by atoms with Crippen molar-refractivity contribution >= 4 is 37.8 Å². The second kappa shape index (κ2) is 5.69. The molecule has 2 aromatic heterocycles. The molecule has 114 valence electrons. The summed E-state index contributed by atoms with van der Waals surface area (Å²) in [4.78, 5) is 15.0. The lowest BCUT2D eigenvalue weighted by molar-refractivity contribution is 0.100. The average Bonchev–Trinajstić information content (AvgIpc) is 2.96. The quantitative estimate of drug-likeness (QED) is 0.661. The predicted molar refractivity (Wildman–Crippen MR) is 76.9 cm³/mol. The van der Waals surface area contributed by atoms with E-state index in [1.807, 2.05) is 0 Å². The number of aromatic nitrogens is 2. The number of rotatable bonds is 6. The number of hydrogen-bond donors (Lipinski definition) is 3. The first-order valence-electron chi connectivity index (χ1n) is 5.72. The molecule has 1 amide bonds. The van der Waals surface area contributed by atoms with Crippen LogP contribution in [-0.4, -0.2) is 37.3 Å². The van der Waals surface area contributed by atoms with Crippen LogP contribution < -0.4 is 16.8 Å². The highest BCUT2D eigenvalue weighted by Crippen LogP contribution is 2.38. The monoisotopic (exact) mass is 331 g/mol. The van der Waals surface area contributed by atoms with Crippen molar-refractivity contribution in [3.05, 3.63) is 17.1 Å². The van der Waals surface area contributed by atoms with E-state index in [4.69, 9.17) is 11.5 Å². The molecular formula is C10H13N5O4S2. The number of sulfone groups is 1. The van der Waals surface area contributed by atoms with E-state index < -0.39 is 15.7 Å². The molecule has 21 heavy (non-hydrogen) atoms. The summed E-state index contributed by atoms with van der Waals surface area (Å²) in [5, 5.41) is 6.80. The van der Waals surface area contributed by atoms with Gasteiger partial charge in [-0.3, -0.25) is 4.79 Å². The lowest BCUT2D eigenvalue weighted by atomic mass is 10.3. The molecule has 0 unspecified atom stereocenters. The number of primary amides is 1. The van der Waals surface area contributed by atoms with E-state index in [2.05, 4.69) is 20.0 Å². The Bertz CT molecular complexity index is 751. The molecule has 5 N–H and O–H groups in total. The summed E-state index contributed by atoms with van der Waals surface area (Å²) in [6.07, 6.45) is 2.63. The van der Waals surface area contributed by atoms with Gasteiger partial charge in [0.2, 0.25) is 6.39 Å². The van der Waals surface area contributed by atoms with Gasteiger partial charge in [-0.2, -0.15) is 4.98 Å². The summed E-state index contributed by atoms with van der Waals surface area (Å²) in [5.41, 5.74) is 10.8. The number of carbonyl (C=O) groups is 1. The van der Waals surface area contributed by atoms with Gasteiger partial charge in [0.1, 0.15) is 14.8 Å². The summed E-state index contributed by atoms with van der Waals surface area (Å²) in [7, 11) is -3.60. The van der Waals surface area contributed by atoms with E-state index in [9.17, 15) is 13.2 Å². The second-order valence-electron chi connectivity index (χ2n) is 4.16. The topological polar surface area (TPSA) is 154 Å². The van der Waals surface area contributed by atoms with Crippen LogP contribution in [-0.2, 0) is 16.3 Å². The average molecular weight is 331 g/mol. The molecule has 0 spiro atoms. The highest BCUT2D eigenvalue weighted by Gasteiger charge is 2.25. The maximum Gasteiger partial charge on any atom is 0.261 e. The van der Waals surface area contributed by atoms with Gasteiger partial charge in [0.05, 0.1) is 5.69 Å². The third-order valence-corrected chi connectivity index (χ3v) is 5.01. The Labute approximate surface area is 124 Å². The van der Waals surface area contributed by atoms with Gasteiger partial charge in [-0.05, 0) is 0 Å². The molecule has 0 aromatic carbocycles. The Balaban J connectivity index is 2.25. The molecule has 0 bridgehead atoms. The van der Waals surface area contributed by atoms with Gasteiger partial charge in [0, 0.05) is 19.2 Å². The van der Waals surface area contributed by atoms with Crippen LogP contribution in [0.4, 0.5) is 10.7 Å². The molecule has 0 aliphatic carbocycles. The summed E-state index contributed by atoms with van der Waals surface area (Å²) in [6, 6.07) is 0. The third kappa shape index (κ3) is 3.31. The Hall–Kier alpha value is -2.14. The number of nitrogens with zero attached hydrogens (tertiary/aromatic N) is 2. The molecule has 0 atom stereocenters. The molecule has 2 heterocycles. The Morgan fingerprint density at radius 3 is 2.76 bits per heavy atom. The zero-order valence-corrected chi connectivity index (χ0v) is 12.6. The van der Waals surface area contributed by atoms with Crippen molar-refractivity contribution in [2.45, 2.75) is 11.3 Å². The number of hydrogen-bond acceptors (Lipinski definition) is 9. The van der Waals surface area contributed by atoms with Crippen LogP contribution in [0.1, 0.15) is 15.5 Å². The lowest BCUT2D eigenvalue weighted by Gasteiger charge is -2.05. The highest BCUT2D eigenvalue weighted by atomic mass is 32.2. The van der Waals surface area contributed by atoms with Gasteiger partial charge in [0.15, 0.2) is 15.7 Å². The summed E-state index contributed by atoms with van der Waals surface area (Å²) in [6.45, 7) is 0.347. The molecule has 0 saturated heterocycles. The van der Waals surface area contributed by atoms with Crippen molar-refractivity contribution in [1.29, 1.82) is 0 Å². The van der Waals surface area contributed by atoms with Crippen molar-refractivity contribution < 1.29 is 17.7 Å². The molecule has 9 nitrogen and oxygen atoms in total. The van der Waals surface area contributed by atoms with Crippen LogP contribution in [0.2, 0.25) is 0 Å². The van der Waals surface area contributed by atoms with Crippen molar-refractivity contribution in [3.63, 3.8) is 0 Å². The molecular weight excluding hydrogens is 318 g/mol. The van der Waals surface area contributed by atoms with E-state index >= 15 is 0 Å². The molecule has 0 fully saturated rings. The SMILES string of the molecule is CS(=O)(=O)c1c(NCCc2ncon2)sc(C(N)=O)c1N. The highest BCUT2D eigenvalue weighted by molar-refractivity contribution is 7.91. The molecule has 0 radical (unpaired) electrons. The van der Waals surface area contributed by atoms with Crippen molar-refractivity contribution in [1.82, 2.24) is 10.1 Å². The van der Waals surface area contributed by atoms with Crippen LogP contribution in [0.3, 0.4) is 0 Å². The van der Waals surface area contributed by atoms with E-state index in [0.29, 0.717) is 18.8 Å². The predicted octanol–water partition coefficient (Wildman–Crippen LogP) is -0.130. The van der Waals surface area contributed by atoms with E-state index in [-0.39, 0.29) is 20.5 Å². The lowest BCUT2D eigenvalue weighted by Crippen LogP contribution is -2.12. The van der Waals surface area contributed by atoms with Crippen LogP contribution in [0.5, 0.6) is 0 Å². The second-order valence-corrected chi connectivity index (χ2v) is 7.14. The zero-order valence-electron chi connectivity index (χ0n) is 11.0. The van der Waals surface area contributed by atoms with Gasteiger partial charge in [-0.25, -0.2) is 8.42 Å². The molecule has 0 aliphatic heterocycles. The maximum atomic E-state index is 11.8. The molecule has 2 aromatic rings. The minimum Gasteiger partial charge on any atom is -0.396 e. The fourth-order valence-corrected chi connectivity index (χ4v) is 4.13. The van der Waals surface area contributed by atoms with Gasteiger partial charge in [0.25, 0.3) is 5.91 Å². The van der Waals surface area contributed by atoms with Crippen LogP contribution in [0.25, 0.3) is 0 Å². The normalized spacial score (nSPS) is 11.5. The van der Waals surface area contributed by atoms with Gasteiger partial charge >= 0.3 is 0 Å².